The normalized spacial score (nSPS) is 11.3. The molecule has 3 nitrogen and oxygen atoms in total. The predicted octanol–water partition coefficient (Wildman–Crippen LogP) is 3.00. The number of anilines is 1. The standard InChI is InChI=1S/C7H3BrClF3N2O/c8-5-3(1-2-4(9)14-5)13-6(15)7(10,11)12/h1-2H,(H,13,15). The molecular weight excluding hydrogens is 300 g/mol. The number of aromatic nitrogens is 1. The molecule has 0 spiro atoms. The van der Waals surface area contributed by atoms with E-state index in [0.29, 0.717) is 0 Å². The number of rotatable bonds is 1. The van der Waals surface area contributed by atoms with Gasteiger partial charge in [0.2, 0.25) is 0 Å². The van der Waals surface area contributed by atoms with Crippen molar-refractivity contribution in [1.82, 2.24) is 4.98 Å². The zero-order valence-corrected chi connectivity index (χ0v) is 9.24. The number of halogens is 5. The lowest BCUT2D eigenvalue weighted by Gasteiger charge is -2.08. The first kappa shape index (κ1) is 12.3. The lowest BCUT2D eigenvalue weighted by atomic mass is 10.4. The summed E-state index contributed by atoms with van der Waals surface area (Å²) in [6.45, 7) is 0. The van der Waals surface area contributed by atoms with Gasteiger partial charge in [0.25, 0.3) is 0 Å². The molecule has 0 aliphatic heterocycles. The van der Waals surface area contributed by atoms with Gasteiger partial charge in [-0.15, -0.1) is 0 Å². The Labute approximate surface area is 95.8 Å². The molecule has 0 unspecified atom stereocenters. The maximum atomic E-state index is 11.9. The van der Waals surface area contributed by atoms with Crippen LogP contribution in [0.2, 0.25) is 5.15 Å². The summed E-state index contributed by atoms with van der Waals surface area (Å²) < 4.78 is 35.7. The van der Waals surface area contributed by atoms with E-state index in [1.54, 1.807) is 5.32 Å². The van der Waals surface area contributed by atoms with Crippen molar-refractivity contribution in [2.45, 2.75) is 6.18 Å². The SMILES string of the molecule is O=C(Nc1ccc(Cl)nc1Br)C(F)(F)F. The Morgan fingerprint density at radius 1 is 1.47 bits per heavy atom. The first-order valence-electron chi connectivity index (χ1n) is 3.51. The van der Waals surface area contributed by atoms with E-state index in [2.05, 4.69) is 20.9 Å². The molecule has 0 fully saturated rings. The van der Waals surface area contributed by atoms with Gasteiger partial charge in [0, 0.05) is 0 Å². The van der Waals surface area contributed by atoms with Crippen LogP contribution in [0.5, 0.6) is 0 Å². The fourth-order valence-electron chi connectivity index (χ4n) is 0.699. The first-order valence-corrected chi connectivity index (χ1v) is 4.68. The van der Waals surface area contributed by atoms with Gasteiger partial charge < -0.3 is 5.32 Å². The van der Waals surface area contributed by atoms with Crippen LogP contribution in [0.4, 0.5) is 18.9 Å². The summed E-state index contributed by atoms with van der Waals surface area (Å²) >= 11 is 8.33. The second kappa shape index (κ2) is 4.36. The van der Waals surface area contributed by atoms with Crippen LogP contribution in [0.25, 0.3) is 0 Å². The third kappa shape index (κ3) is 3.35. The number of nitrogens with zero attached hydrogens (tertiary/aromatic N) is 1. The maximum Gasteiger partial charge on any atom is 0.471 e. The van der Waals surface area contributed by atoms with Gasteiger partial charge in [0.1, 0.15) is 9.76 Å². The van der Waals surface area contributed by atoms with Gasteiger partial charge in [-0.1, -0.05) is 11.6 Å². The Morgan fingerprint density at radius 2 is 2.07 bits per heavy atom. The molecule has 0 atom stereocenters. The molecule has 1 rings (SSSR count). The van der Waals surface area contributed by atoms with E-state index >= 15 is 0 Å². The van der Waals surface area contributed by atoms with E-state index in [9.17, 15) is 18.0 Å². The molecule has 0 saturated carbocycles. The minimum Gasteiger partial charge on any atom is -0.316 e. The molecule has 82 valence electrons. The molecule has 0 saturated heterocycles. The molecule has 0 bridgehead atoms. The van der Waals surface area contributed by atoms with E-state index in [1.807, 2.05) is 0 Å². The summed E-state index contributed by atoms with van der Waals surface area (Å²) in [5.41, 5.74) is -0.0956. The molecule has 1 amide bonds. The van der Waals surface area contributed by atoms with Crippen molar-refractivity contribution in [3.05, 3.63) is 21.9 Å². The Morgan fingerprint density at radius 3 is 2.53 bits per heavy atom. The summed E-state index contributed by atoms with van der Waals surface area (Å²) in [5.74, 6) is -2.06. The second-order valence-electron chi connectivity index (χ2n) is 2.42. The molecule has 0 radical (unpaired) electrons. The van der Waals surface area contributed by atoms with Crippen molar-refractivity contribution in [3.63, 3.8) is 0 Å². The van der Waals surface area contributed by atoms with Crippen molar-refractivity contribution in [2.24, 2.45) is 0 Å². The van der Waals surface area contributed by atoms with Crippen molar-refractivity contribution in [3.8, 4) is 0 Å². The lowest BCUT2D eigenvalue weighted by molar-refractivity contribution is -0.167. The number of alkyl halides is 3. The van der Waals surface area contributed by atoms with Crippen LogP contribution in [0.3, 0.4) is 0 Å². The Hall–Kier alpha value is -0.820. The van der Waals surface area contributed by atoms with Crippen molar-refractivity contribution < 1.29 is 18.0 Å². The van der Waals surface area contributed by atoms with Crippen molar-refractivity contribution in [1.29, 1.82) is 0 Å². The molecule has 1 heterocycles. The highest BCUT2D eigenvalue weighted by molar-refractivity contribution is 9.10. The van der Waals surface area contributed by atoms with E-state index in [1.165, 1.54) is 12.1 Å². The van der Waals surface area contributed by atoms with Crippen molar-refractivity contribution >= 4 is 39.1 Å². The number of hydrogen-bond donors (Lipinski definition) is 1. The summed E-state index contributed by atoms with van der Waals surface area (Å²) in [6, 6.07) is 2.47. The highest BCUT2D eigenvalue weighted by Crippen LogP contribution is 2.24. The molecule has 8 heteroatoms. The van der Waals surface area contributed by atoms with Gasteiger partial charge in [-0.05, 0) is 28.1 Å². The van der Waals surface area contributed by atoms with E-state index in [0.717, 1.165) is 0 Å². The quantitative estimate of drug-likeness (QED) is 0.810. The highest BCUT2D eigenvalue weighted by atomic mass is 79.9. The minimum atomic E-state index is -4.93. The van der Waals surface area contributed by atoms with Crippen LogP contribution >= 0.6 is 27.5 Å². The van der Waals surface area contributed by atoms with Gasteiger partial charge in [-0.3, -0.25) is 4.79 Å². The zero-order valence-electron chi connectivity index (χ0n) is 6.90. The zero-order chi connectivity index (χ0) is 11.6. The van der Waals surface area contributed by atoms with E-state index in [-0.39, 0.29) is 15.4 Å². The molecule has 0 aliphatic rings. The van der Waals surface area contributed by atoms with E-state index in [4.69, 9.17) is 11.6 Å². The van der Waals surface area contributed by atoms with Crippen LogP contribution in [0.15, 0.2) is 16.7 Å². The molecule has 0 aromatic carbocycles. The Kier molecular flexibility index (Phi) is 3.56. The largest absolute Gasteiger partial charge is 0.471 e. The third-order valence-electron chi connectivity index (χ3n) is 1.32. The maximum absolute atomic E-state index is 11.9. The van der Waals surface area contributed by atoms with Crippen LogP contribution in [-0.2, 0) is 4.79 Å². The average molecular weight is 303 g/mol. The van der Waals surface area contributed by atoms with Crippen LogP contribution in [0.1, 0.15) is 0 Å². The summed E-state index contributed by atoms with van der Waals surface area (Å²) in [6.07, 6.45) is -4.93. The third-order valence-corrected chi connectivity index (χ3v) is 2.14. The number of amides is 1. The summed E-state index contributed by atoms with van der Waals surface area (Å²) in [4.78, 5) is 14.2. The number of hydrogen-bond acceptors (Lipinski definition) is 2. The topological polar surface area (TPSA) is 42.0 Å². The van der Waals surface area contributed by atoms with Crippen LogP contribution < -0.4 is 5.32 Å². The fraction of sp³-hybridized carbons (Fsp3) is 0.143. The molecule has 15 heavy (non-hydrogen) atoms. The Balaban J connectivity index is 2.87. The highest BCUT2D eigenvalue weighted by Gasteiger charge is 2.38. The minimum absolute atomic E-state index is 0.0348. The fourth-order valence-corrected chi connectivity index (χ4v) is 1.37. The van der Waals surface area contributed by atoms with Crippen molar-refractivity contribution in [2.75, 3.05) is 5.32 Å². The average Bonchev–Trinajstić information content (AvgIpc) is 2.08. The molecule has 1 N–H and O–H groups in total. The Bertz CT molecular complexity index is 396. The second-order valence-corrected chi connectivity index (χ2v) is 3.56. The van der Waals surface area contributed by atoms with E-state index < -0.39 is 12.1 Å². The predicted molar refractivity (Wildman–Crippen MR) is 51.6 cm³/mol. The van der Waals surface area contributed by atoms with Gasteiger partial charge in [0.15, 0.2) is 0 Å². The van der Waals surface area contributed by atoms with Gasteiger partial charge in [-0.2, -0.15) is 13.2 Å². The molecule has 0 aliphatic carbocycles. The molecule has 1 aromatic heterocycles. The van der Waals surface area contributed by atoms with Crippen LogP contribution in [0, 0.1) is 0 Å². The van der Waals surface area contributed by atoms with Gasteiger partial charge in [0.05, 0.1) is 5.69 Å². The number of nitrogens with one attached hydrogen (secondary N) is 1. The van der Waals surface area contributed by atoms with Gasteiger partial charge >= 0.3 is 12.1 Å². The summed E-state index contributed by atoms with van der Waals surface area (Å²) in [7, 11) is 0. The molecule has 1 aromatic rings. The first-order chi connectivity index (χ1) is 6.80. The number of carbonyl (C=O) groups is 1. The monoisotopic (exact) mass is 302 g/mol. The number of carbonyl (C=O) groups excluding carboxylic acids is 1. The summed E-state index contributed by atoms with van der Waals surface area (Å²) in [5, 5.41) is 1.75. The van der Waals surface area contributed by atoms with Gasteiger partial charge in [-0.25, -0.2) is 4.98 Å². The molecular formula is C7H3BrClF3N2O. The smallest absolute Gasteiger partial charge is 0.316 e. The van der Waals surface area contributed by atoms with Crippen LogP contribution in [-0.4, -0.2) is 17.1 Å². The number of pyridine rings is 1. The lowest BCUT2D eigenvalue weighted by Crippen LogP contribution is -2.30.